The summed E-state index contributed by atoms with van der Waals surface area (Å²) in [4.78, 5) is 16.9. The van der Waals surface area contributed by atoms with Crippen LogP contribution in [-0.2, 0) is 10.3 Å². The second kappa shape index (κ2) is 6.25. The third-order valence-electron chi connectivity index (χ3n) is 3.82. The Kier molecular flexibility index (Phi) is 4.14. The van der Waals surface area contributed by atoms with Crippen LogP contribution in [-0.4, -0.2) is 21.1 Å². The lowest BCUT2D eigenvalue weighted by atomic mass is 9.92. The lowest BCUT2D eigenvalue weighted by molar-refractivity contribution is -0.120. The Morgan fingerprint density at radius 1 is 1.17 bits per heavy atom. The SMILES string of the molecule is Cc1nc(-c2cccc(NC(=O)[C@@](C)(N)c3ccccc3)c2)n[nH]1. The average Bonchev–Trinajstić information content (AvgIpc) is 3.02. The van der Waals surface area contributed by atoms with E-state index in [1.54, 1.807) is 6.92 Å². The molecule has 0 aliphatic heterocycles. The van der Waals surface area contributed by atoms with Gasteiger partial charge in [-0.3, -0.25) is 9.89 Å². The molecule has 2 aromatic carbocycles. The van der Waals surface area contributed by atoms with Gasteiger partial charge in [-0.15, -0.1) is 0 Å². The quantitative estimate of drug-likeness (QED) is 0.688. The minimum atomic E-state index is -1.13. The number of carbonyl (C=O) groups is 1. The van der Waals surface area contributed by atoms with Crippen LogP contribution in [0, 0.1) is 6.92 Å². The fourth-order valence-electron chi connectivity index (χ4n) is 2.38. The summed E-state index contributed by atoms with van der Waals surface area (Å²) in [6, 6.07) is 16.6. The van der Waals surface area contributed by atoms with Crippen molar-refractivity contribution < 1.29 is 4.79 Å². The van der Waals surface area contributed by atoms with E-state index in [1.165, 1.54) is 0 Å². The van der Waals surface area contributed by atoms with Gasteiger partial charge in [0.2, 0.25) is 5.91 Å². The molecule has 122 valence electrons. The lowest BCUT2D eigenvalue weighted by Crippen LogP contribution is -2.45. The Morgan fingerprint density at radius 2 is 1.92 bits per heavy atom. The topological polar surface area (TPSA) is 96.7 Å². The van der Waals surface area contributed by atoms with Gasteiger partial charge in [-0.05, 0) is 31.5 Å². The Bertz CT molecular complexity index is 855. The molecule has 0 unspecified atom stereocenters. The zero-order chi connectivity index (χ0) is 17.2. The van der Waals surface area contributed by atoms with Crippen molar-refractivity contribution in [3.8, 4) is 11.4 Å². The summed E-state index contributed by atoms with van der Waals surface area (Å²) in [6.45, 7) is 3.53. The second-order valence-corrected chi connectivity index (χ2v) is 5.85. The molecule has 3 rings (SSSR count). The maximum absolute atomic E-state index is 12.6. The summed E-state index contributed by atoms with van der Waals surface area (Å²) < 4.78 is 0. The van der Waals surface area contributed by atoms with Crippen molar-refractivity contribution in [1.29, 1.82) is 0 Å². The Morgan fingerprint density at radius 3 is 2.58 bits per heavy atom. The largest absolute Gasteiger partial charge is 0.324 e. The summed E-state index contributed by atoms with van der Waals surface area (Å²) in [5, 5.41) is 9.80. The molecule has 1 atom stereocenters. The molecule has 0 saturated carbocycles. The van der Waals surface area contributed by atoms with Crippen LogP contribution in [0.25, 0.3) is 11.4 Å². The van der Waals surface area contributed by atoms with Crippen LogP contribution in [0.2, 0.25) is 0 Å². The highest BCUT2D eigenvalue weighted by Crippen LogP contribution is 2.23. The Labute approximate surface area is 140 Å². The number of amides is 1. The number of anilines is 1. The molecule has 0 aliphatic rings. The van der Waals surface area contributed by atoms with E-state index in [0.29, 0.717) is 11.5 Å². The first kappa shape index (κ1) is 15.9. The van der Waals surface area contributed by atoms with Gasteiger partial charge in [0.15, 0.2) is 5.82 Å². The highest BCUT2D eigenvalue weighted by atomic mass is 16.2. The number of carbonyl (C=O) groups excluding carboxylic acids is 1. The first-order chi connectivity index (χ1) is 11.5. The van der Waals surface area contributed by atoms with Gasteiger partial charge in [0.05, 0.1) is 0 Å². The smallest absolute Gasteiger partial charge is 0.248 e. The van der Waals surface area contributed by atoms with E-state index >= 15 is 0 Å². The van der Waals surface area contributed by atoms with Gasteiger partial charge >= 0.3 is 0 Å². The van der Waals surface area contributed by atoms with Gasteiger partial charge in [-0.2, -0.15) is 5.10 Å². The third-order valence-corrected chi connectivity index (χ3v) is 3.82. The highest BCUT2D eigenvalue weighted by molar-refractivity contribution is 5.98. The van der Waals surface area contributed by atoms with Gasteiger partial charge in [-0.1, -0.05) is 42.5 Å². The predicted molar refractivity (Wildman–Crippen MR) is 93.2 cm³/mol. The van der Waals surface area contributed by atoms with Crippen LogP contribution in [0.3, 0.4) is 0 Å². The molecule has 24 heavy (non-hydrogen) atoms. The minimum Gasteiger partial charge on any atom is -0.324 e. The maximum atomic E-state index is 12.6. The summed E-state index contributed by atoms with van der Waals surface area (Å²) >= 11 is 0. The van der Waals surface area contributed by atoms with Crippen LogP contribution in [0.4, 0.5) is 5.69 Å². The zero-order valence-electron chi connectivity index (χ0n) is 13.6. The Balaban J connectivity index is 1.82. The van der Waals surface area contributed by atoms with Crippen molar-refractivity contribution in [2.75, 3.05) is 5.32 Å². The molecule has 1 aromatic heterocycles. The molecule has 1 amide bonds. The van der Waals surface area contributed by atoms with Gasteiger partial charge in [-0.25, -0.2) is 4.98 Å². The molecule has 0 spiro atoms. The zero-order valence-corrected chi connectivity index (χ0v) is 13.6. The number of aryl methyl sites for hydroxylation is 1. The normalized spacial score (nSPS) is 13.3. The fourth-order valence-corrected chi connectivity index (χ4v) is 2.38. The van der Waals surface area contributed by atoms with Gasteiger partial charge in [0.25, 0.3) is 0 Å². The molecule has 0 aliphatic carbocycles. The summed E-state index contributed by atoms with van der Waals surface area (Å²) in [5.41, 5.74) is 7.33. The number of nitrogens with one attached hydrogen (secondary N) is 2. The van der Waals surface area contributed by atoms with E-state index in [2.05, 4.69) is 20.5 Å². The molecule has 0 saturated heterocycles. The predicted octanol–water partition coefficient (Wildman–Crippen LogP) is 2.59. The number of hydrogen-bond donors (Lipinski definition) is 3. The number of aromatic amines is 1. The fraction of sp³-hybridized carbons (Fsp3) is 0.167. The van der Waals surface area contributed by atoms with E-state index < -0.39 is 5.54 Å². The molecule has 0 fully saturated rings. The third kappa shape index (κ3) is 3.18. The van der Waals surface area contributed by atoms with E-state index in [1.807, 2.05) is 61.5 Å². The summed E-state index contributed by atoms with van der Waals surface area (Å²) in [6.07, 6.45) is 0. The van der Waals surface area contributed by atoms with Crippen molar-refractivity contribution in [3.05, 3.63) is 66.0 Å². The van der Waals surface area contributed by atoms with Gasteiger partial charge in [0, 0.05) is 11.3 Å². The van der Waals surface area contributed by atoms with E-state index in [-0.39, 0.29) is 5.91 Å². The van der Waals surface area contributed by atoms with Crippen LogP contribution < -0.4 is 11.1 Å². The van der Waals surface area contributed by atoms with Crippen molar-refractivity contribution in [2.24, 2.45) is 5.73 Å². The Hall–Kier alpha value is -2.99. The van der Waals surface area contributed by atoms with Crippen molar-refractivity contribution >= 4 is 11.6 Å². The summed E-state index contributed by atoms with van der Waals surface area (Å²) in [5.74, 6) is 1.04. The molecule has 3 aromatic rings. The van der Waals surface area contributed by atoms with Crippen molar-refractivity contribution in [3.63, 3.8) is 0 Å². The van der Waals surface area contributed by atoms with Crippen molar-refractivity contribution in [2.45, 2.75) is 19.4 Å². The highest BCUT2D eigenvalue weighted by Gasteiger charge is 2.30. The molecule has 1 heterocycles. The maximum Gasteiger partial charge on any atom is 0.248 e. The van der Waals surface area contributed by atoms with Crippen molar-refractivity contribution in [1.82, 2.24) is 15.2 Å². The molecule has 4 N–H and O–H groups in total. The number of nitrogens with zero attached hydrogens (tertiary/aromatic N) is 2. The second-order valence-electron chi connectivity index (χ2n) is 5.85. The minimum absolute atomic E-state index is 0.281. The van der Waals surface area contributed by atoms with Gasteiger partial charge in [0.1, 0.15) is 11.4 Å². The molecular formula is C18H19N5O. The number of aromatic nitrogens is 3. The first-order valence-corrected chi connectivity index (χ1v) is 7.62. The standard InChI is InChI=1S/C18H19N5O/c1-12-20-16(23-22-12)13-7-6-10-15(11-13)21-17(24)18(2,19)14-8-4-3-5-9-14/h3-11H,19H2,1-2H3,(H,21,24)(H,20,22,23)/t18-/m0/s1. The molecule has 6 heteroatoms. The average molecular weight is 321 g/mol. The van der Waals surface area contributed by atoms with Gasteiger partial charge < -0.3 is 11.1 Å². The number of hydrogen-bond acceptors (Lipinski definition) is 4. The van der Waals surface area contributed by atoms with E-state index in [4.69, 9.17) is 5.73 Å². The molecule has 0 radical (unpaired) electrons. The molecular weight excluding hydrogens is 302 g/mol. The first-order valence-electron chi connectivity index (χ1n) is 7.62. The number of nitrogens with two attached hydrogens (primary N) is 1. The van der Waals surface area contributed by atoms with E-state index in [9.17, 15) is 4.79 Å². The number of benzene rings is 2. The van der Waals surface area contributed by atoms with E-state index in [0.717, 1.165) is 17.0 Å². The number of rotatable bonds is 4. The monoisotopic (exact) mass is 321 g/mol. The number of H-pyrrole nitrogens is 1. The lowest BCUT2D eigenvalue weighted by Gasteiger charge is -2.24. The van der Waals surface area contributed by atoms with Crippen LogP contribution in [0.1, 0.15) is 18.3 Å². The summed E-state index contributed by atoms with van der Waals surface area (Å²) in [7, 11) is 0. The molecule has 6 nitrogen and oxygen atoms in total. The van der Waals surface area contributed by atoms with Crippen LogP contribution in [0.5, 0.6) is 0 Å². The molecule has 0 bridgehead atoms. The van der Waals surface area contributed by atoms with Crippen LogP contribution >= 0.6 is 0 Å². The van der Waals surface area contributed by atoms with Crippen LogP contribution in [0.15, 0.2) is 54.6 Å².